The highest BCUT2D eigenvalue weighted by molar-refractivity contribution is 6.35. The molecule has 0 bridgehead atoms. The molecule has 0 aliphatic rings. The predicted octanol–water partition coefficient (Wildman–Crippen LogP) is 6.35. The van der Waals surface area contributed by atoms with Crippen LogP contribution in [-0.2, 0) is 4.79 Å². The minimum atomic E-state index is -0.856. The Balaban J connectivity index is 1.53. The Hall–Kier alpha value is -3.99. The number of nitrogens with zero attached hydrogens (tertiary/aromatic N) is 2. The topological polar surface area (TPSA) is 100 Å². The zero-order valence-corrected chi connectivity index (χ0v) is 20.3. The molecule has 1 heterocycles. The fraction of sp³-hybridized carbons (Fsp3) is 0.115. The van der Waals surface area contributed by atoms with Crippen molar-refractivity contribution in [3.05, 3.63) is 82.1 Å². The van der Waals surface area contributed by atoms with Gasteiger partial charge in [-0.25, -0.2) is 4.98 Å². The Morgan fingerprint density at radius 1 is 1.14 bits per heavy atom. The molecule has 7 nitrogen and oxygen atoms in total. The van der Waals surface area contributed by atoms with E-state index >= 15 is 0 Å². The number of carbonyl (C=O) groups excluding carboxylic acids is 1. The van der Waals surface area contributed by atoms with Crippen LogP contribution in [0.4, 0.5) is 5.69 Å². The molecule has 2 N–H and O–H groups in total. The quantitative estimate of drug-likeness (QED) is 0.284. The number of benzene rings is 3. The first kappa shape index (κ1) is 24.1. The molecule has 0 unspecified atom stereocenters. The zero-order chi connectivity index (χ0) is 24.9. The maximum Gasteiger partial charge on any atom is 0.265 e. The number of allylic oxidation sites excluding steroid dienone is 1. The number of hydrogen-bond acceptors (Lipinski definition) is 5. The number of H-pyrrole nitrogens is 1. The van der Waals surface area contributed by atoms with Crippen LogP contribution in [0.2, 0.25) is 10.0 Å². The molecule has 35 heavy (non-hydrogen) atoms. The van der Waals surface area contributed by atoms with Crippen molar-refractivity contribution < 1.29 is 14.3 Å². The van der Waals surface area contributed by atoms with Crippen LogP contribution in [0.3, 0.4) is 0 Å². The second kappa shape index (κ2) is 10.5. The van der Waals surface area contributed by atoms with Crippen molar-refractivity contribution in [1.82, 2.24) is 9.97 Å². The molecule has 0 saturated carbocycles. The molecule has 0 saturated heterocycles. The Labute approximate surface area is 211 Å². The predicted molar refractivity (Wildman–Crippen MR) is 138 cm³/mol. The van der Waals surface area contributed by atoms with Crippen molar-refractivity contribution in [2.24, 2.45) is 0 Å². The summed E-state index contributed by atoms with van der Waals surface area (Å²) >= 11 is 12.1. The highest BCUT2D eigenvalue weighted by atomic mass is 35.5. The van der Waals surface area contributed by atoms with Crippen LogP contribution in [-0.4, -0.2) is 29.1 Å². The van der Waals surface area contributed by atoms with Gasteiger partial charge in [-0.2, -0.15) is 5.26 Å². The van der Waals surface area contributed by atoms with E-state index in [9.17, 15) is 10.1 Å². The van der Waals surface area contributed by atoms with Crippen molar-refractivity contribution in [3.63, 3.8) is 0 Å². The second-order valence-electron chi connectivity index (χ2n) is 7.56. The highest BCUT2D eigenvalue weighted by Crippen LogP contribution is 2.31. The number of hydrogen-bond donors (Lipinski definition) is 2. The van der Waals surface area contributed by atoms with Crippen LogP contribution in [0.25, 0.3) is 22.7 Å². The number of carbonyl (C=O) groups is 1. The zero-order valence-electron chi connectivity index (χ0n) is 18.8. The number of nitriles is 1. The molecule has 1 amide bonds. The third kappa shape index (κ3) is 5.57. The molecule has 4 aromatic rings. The molecule has 0 radical (unpaired) electrons. The van der Waals surface area contributed by atoms with Crippen molar-refractivity contribution in [1.29, 1.82) is 5.26 Å². The first-order valence-corrected chi connectivity index (χ1v) is 11.3. The summed E-state index contributed by atoms with van der Waals surface area (Å²) in [7, 11) is 1.50. The van der Waals surface area contributed by atoms with Crippen molar-refractivity contribution in [3.8, 4) is 17.6 Å². The number of ether oxygens (including phenoxy) is 2. The normalized spacial score (nSPS) is 12.1. The van der Waals surface area contributed by atoms with Crippen molar-refractivity contribution in [2.45, 2.75) is 13.0 Å². The molecule has 0 spiro atoms. The lowest BCUT2D eigenvalue weighted by molar-refractivity contribution is -0.122. The summed E-state index contributed by atoms with van der Waals surface area (Å²) < 4.78 is 11.3. The summed E-state index contributed by atoms with van der Waals surface area (Å²) in [5.41, 5.74) is 3.08. The van der Waals surface area contributed by atoms with Gasteiger partial charge in [0.05, 0.1) is 34.4 Å². The van der Waals surface area contributed by atoms with E-state index in [2.05, 4.69) is 21.4 Å². The van der Waals surface area contributed by atoms with Gasteiger partial charge in [0.15, 0.2) is 17.6 Å². The van der Waals surface area contributed by atoms with Gasteiger partial charge in [0.1, 0.15) is 11.9 Å². The number of halogens is 2. The van der Waals surface area contributed by atoms with E-state index in [-0.39, 0.29) is 0 Å². The molecule has 176 valence electrons. The van der Waals surface area contributed by atoms with Crippen LogP contribution < -0.4 is 14.8 Å². The maximum atomic E-state index is 12.6. The summed E-state index contributed by atoms with van der Waals surface area (Å²) in [5.74, 6) is 0.836. The summed E-state index contributed by atoms with van der Waals surface area (Å²) in [4.78, 5) is 20.3. The third-order valence-electron chi connectivity index (χ3n) is 5.12. The minimum Gasteiger partial charge on any atom is -0.493 e. The van der Waals surface area contributed by atoms with Crippen molar-refractivity contribution >= 4 is 57.5 Å². The number of anilines is 1. The van der Waals surface area contributed by atoms with E-state index in [1.165, 1.54) is 7.11 Å². The summed E-state index contributed by atoms with van der Waals surface area (Å²) in [5, 5.41) is 13.2. The summed E-state index contributed by atoms with van der Waals surface area (Å²) in [6.45, 7) is 1.61. The maximum absolute atomic E-state index is 12.6. The number of aromatic nitrogens is 2. The fourth-order valence-electron chi connectivity index (χ4n) is 3.34. The first-order valence-electron chi connectivity index (χ1n) is 10.6. The fourth-order valence-corrected chi connectivity index (χ4v) is 3.68. The molecular formula is C26H20Cl2N4O3. The van der Waals surface area contributed by atoms with Gasteiger partial charge in [-0.15, -0.1) is 0 Å². The Bertz CT molecular complexity index is 1440. The number of fused-ring (bicyclic) bond motifs is 1. The van der Waals surface area contributed by atoms with Gasteiger partial charge in [-0.1, -0.05) is 41.4 Å². The average molecular weight is 507 g/mol. The Kier molecular flexibility index (Phi) is 7.25. The minimum absolute atomic E-state index is 0.362. The third-order valence-corrected chi connectivity index (χ3v) is 5.69. The summed E-state index contributed by atoms with van der Waals surface area (Å²) in [6.07, 6.45) is 0.840. The molecule has 1 atom stereocenters. The van der Waals surface area contributed by atoms with Crippen LogP contribution in [0.5, 0.6) is 11.5 Å². The highest BCUT2D eigenvalue weighted by Gasteiger charge is 2.19. The van der Waals surface area contributed by atoms with E-state index in [0.717, 1.165) is 11.0 Å². The van der Waals surface area contributed by atoms with Crippen molar-refractivity contribution in [2.75, 3.05) is 12.4 Å². The molecule has 0 aliphatic carbocycles. The van der Waals surface area contributed by atoms with Crippen LogP contribution >= 0.6 is 23.2 Å². The average Bonchev–Trinajstić information content (AvgIpc) is 3.29. The van der Waals surface area contributed by atoms with Gasteiger partial charge in [-0.3, -0.25) is 4.79 Å². The molecular weight excluding hydrogens is 487 g/mol. The van der Waals surface area contributed by atoms with E-state index in [1.54, 1.807) is 49.4 Å². The lowest BCUT2D eigenvalue weighted by atomic mass is 10.1. The number of methoxy groups -OCH3 is 1. The lowest BCUT2D eigenvalue weighted by Gasteiger charge is -2.17. The Morgan fingerprint density at radius 3 is 2.69 bits per heavy atom. The largest absolute Gasteiger partial charge is 0.493 e. The molecule has 0 fully saturated rings. The Morgan fingerprint density at radius 2 is 1.94 bits per heavy atom. The van der Waals surface area contributed by atoms with E-state index < -0.39 is 12.0 Å². The van der Waals surface area contributed by atoms with Crippen LogP contribution in [0, 0.1) is 11.3 Å². The standard InChI is InChI=1S/C26H20Cl2N4O3/c1-15(26(33)32-22-13-18(27)8-9-19(22)28)35-23-10-7-16(12-24(23)34-2)11-17(14-29)25-30-20-5-3-4-6-21(20)31-25/h3-13,15H,1-2H3,(H,30,31)(H,32,33)/b17-11+/t15-/m0/s1. The number of para-hydroxylation sites is 2. The van der Waals surface area contributed by atoms with E-state index in [4.69, 9.17) is 32.7 Å². The molecule has 0 aliphatic heterocycles. The van der Waals surface area contributed by atoms with Crippen LogP contribution in [0.1, 0.15) is 18.3 Å². The second-order valence-corrected chi connectivity index (χ2v) is 8.40. The number of amides is 1. The van der Waals surface area contributed by atoms with E-state index in [0.29, 0.717) is 44.2 Å². The first-order chi connectivity index (χ1) is 16.9. The van der Waals surface area contributed by atoms with E-state index in [1.807, 2.05) is 24.3 Å². The molecule has 1 aromatic heterocycles. The molecule has 4 rings (SSSR count). The number of nitrogens with one attached hydrogen (secondary N) is 2. The monoisotopic (exact) mass is 506 g/mol. The number of rotatable bonds is 7. The lowest BCUT2D eigenvalue weighted by Crippen LogP contribution is -2.30. The molecule has 9 heteroatoms. The van der Waals surface area contributed by atoms with Gasteiger partial charge < -0.3 is 19.8 Å². The summed E-state index contributed by atoms with van der Waals surface area (Å²) in [6, 6.07) is 19.7. The van der Waals surface area contributed by atoms with Gasteiger partial charge in [0, 0.05) is 5.02 Å². The van der Waals surface area contributed by atoms with Gasteiger partial charge >= 0.3 is 0 Å². The molecule has 3 aromatic carbocycles. The SMILES string of the molecule is COc1cc(/C=C(\C#N)c2nc3ccccc3[nH]2)ccc1O[C@@H](C)C(=O)Nc1cc(Cl)ccc1Cl. The smallest absolute Gasteiger partial charge is 0.265 e. The number of imidazole rings is 1. The van der Waals surface area contributed by atoms with Gasteiger partial charge in [-0.05, 0) is 61.0 Å². The number of aromatic amines is 1. The van der Waals surface area contributed by atoms with Gasteiger partial charge in [0.25, 0.3) is 5.91 Å². The van der Waals surface area contributed by atoms with Gasteiger partial charge in [0.2, 0.25) is 0 Å². The van der Waals surface area contributed by atoms with Crippen LogP contribution in [0.15, 0.2) is 60.7 Å².